The largest absolute Gasteiger partial charge is 0.480 e. The predicted octanol–water partition coefficient (Wildman–Crippen LogP) is 1.10. The fourth-order valence-corrected chi connectivity index (χ4v) is 0.744. The van der Waals surface area contributed by atoms with Gasteiger partial charge in [-0.15, -0.1) is 0 Å². The van der Waals surface area contributed by atoms with Crippen molar-refractivity contribution < 1.29 is 18.7 Å². The van der Waals surface area contributed by atoms with Crippen LogP contribution in [0.4, 0.5) is 8.78 Å². The minimum absolute atomic E-state index is 0.102. The maximum atomic E-state index is 11.6. The molecule has 2 N–H and O–H groups in total. The van der Waals surface area contributed by atoms with Crippen LogP contribution >= 0.6 is 0 Å². The second-order valence-corrected chi connectivity index (χ2v) is 2.46. The van der Waals surface area contributed by atoms with Crippen LogP contribution in [0, 0.1) is 0 Å². The van der Waals surface area contributed by atoms with E-state index in [9.17, 15) is 13.6 Å². The Labute approximate surface area is 69.8 Å². The number of carbonyl (C=O) groups is 1. The highest BCUT2D eigenvalue weighted by Gasteiger charge is 2.01. The molecule has 0 rings (SSSR count). The van der Waals surface area contributed by atoms with Gasteiger partial charge in [0, 0.05) is 6.42 Å². The quantitative estimate of drug-likeness (QED) is 0.578. The summed E-state index contributed by atoms with van der Waals surface area (Å²) in [5.41, 5.74) is 0. The summed E-state index contributed by atoms with van der Waals surface area (Å²) >= 11 is 0. The molecule has 0 aliphatic rings. The first-order valence-corrected chi connectivity index (χ1v) is 3.83. The van der Waals surface area contributed by atoms with Gasteiger partial charge in [0.15, 0.2) is 0 Å². The summed E-state index contributed by atoms with van der Waals surface area (Å²) in [7, 11) is 0. The standard InChI is InChI=1S/C7H13F2NO2/c8-6(9)3-1-2-4-10-5-7(11)12/h6,10H,1-5H2,(H,11,12). The number of alkyl halides is 2. The van der Waals surface area contributed by atoms with E-state index in [-0.39, 0.29) is 13.0 Å². The van der Waals surface area contributed by atoms with Crippen molar-refractivity contribution in [3.8, 4) is 0 Å². The molecule has 0 heterocycles. The molecule has 0 atom stereocenters. The zero-order valence-electron chi connectivity index (χ0n) is 6.72. The highest BCUT2D eigenvalue weighted by atomic mass is 19.3. The monoisotopic (exact) mass is 181 g/mol. The number of hydrogen-bond donors (Lipinski definition) is 2. The van der Waals surface area contributed by atoms with Crippen molar-refractivity contribution in [3.05, 3.63) is 0 Å². The molecule has 72 valence electrons. The Morgan fingerprint density at radius 1 is 1.42 bits per heavy atom. The Kier molecular flexibility index (Phi) is 6.55. The summed E-state index contributed by atoms with van der Waals surface area (Å²) in [5.74, 6) is -0.927. The van der Waals surface area contributed by atoms with Crippen LogP contribution in [0.25, 0.3) is 0 Å². The molecule has 0 aromatic rings. The van der Waals surface area contributed by atoms with Gasteiger partial charge in [-0.25, -0.2) is 8.78 Å². The third kappa shape index (κ3) is 9.29. The molecule has 0 aromatic carbocycles. The van der Waals surface area contributed by atoms with Gasteiger partial charge in [-0.2, -0.15) is 0 Å². The van der Waals surface area contributed by atoms with Crippen LogP contribution in [0.1, 0.15) is 19.3 Å². The topological polar surface area (TPSA) is 49.3 Å². The van der Waals surface area contributed by atoms with Gasteiger partial charge in [0.2, 0.25) is 6.43 Å². The lowest BCUT2D eigenvalue weighted by Crippen LogP contribution is -2.23. The molecule has 0 bridgehead atoms. The van der Waals surface area contributed by atoms with Crippen LogP contribution in [-0.2, 0) is 4.79 Å². The van der Waals surface area contributed by atoms with Gasteiger partial charge in [-0.05, 0) is 19.4 Å². The van der Waals surface area contributed by atoms with E-state index in [1.165, 1.54) is 0 Å². The Bertz CT molecular complexity index is 131. The molecule has 12 heavy (non-hydrogen) atoms. The third-order valence-electron chi connectivity index (χ3n) is 1.30. The average molecular weight is 181 g/mol. The first-order chi connectivity index (χ1) is 5.63. The molecule has 0 amide bonds. The van der Waals surface area contributed by atoms with E-state index in [1.807, 2.05) is 0 Å². The minimum Gasteiger partial charge on any atom is -0.480 e. The predicted molar refractivity (Wildman–Crippen MR) is 40.4 cm³/mol. The van der Waals surface area contributed by atoms with Crippen LogP contribution in [0.3, 0.4) is 0 Å². The van der Waals surface area contributed by atoms with Crippen LogP contribution in [0.15, 0.2) is 0 Å². The lowest BCUT2D eigenvalue weighted by molar-refractivity contribution is -0.135. The number of carboxylic acids is 1. The molecular formula is C7H13F2NO2. The number of rotatable bonds is 7. The Balaban J connectivity index is 2.96. The number of aliphatic carboxylic acids is 1. The molecule has 3 nitrogen and oxygen atoms in total. The Hall–Kier alpha value is -0.710. The number of unbranched alkanes of at least 4 members (excludes halogenated alkanes) is 1. The van der Waals surface area contributed by atoms with E-state index in [0.717, 1.165) is 0 Å². The van der Waals surface area contributed by atoms with Crippen molar-refractivity contribution in [3.63, 3.8) is 0 Å². The Morgan fingerprint density at radius 3 is 2.58 bits per heavy atom. The van der Waals surface area contributed by atoms with Crippen molar-refractivity contribution in [2.75, 3.05) is 13.1 Å². The van der Waals surface area contributed by atoms with E-state index < -0.39 is 12.4 Å². The zero-order chi connectivity index (χ0) is 9.40. The van der Waals surface area contributed by atoms with E-state index in [2.05, 4.69) is 5.32 Å². The molecule has 0 fully saturated rings. The summed E-state index contributed by atoms with van der Waals surface area (Å²) < 4.78 is 23.1. The maximum Gasteiger partial charge on any atom is 0.317 e. The van der Waals surface area contributed by atoms with Gasteiger partial charge in [0.1, 0.15) is 0 Å². The first-order valence-electron chi connectivity index (χ1n) is 3.83. The number of hydrogen-bond acceptors (Lipinski definition) is 2. The summed E-state index contributed by atoms with van der Waals surface area (Å²) in [6.07, 6.45) is -1.32. The van der Waals surface area contributed by atoms with Crippen molar-refractivity contribution in [2.24, 2.45) is 0 Å². The van der Waals surface area contributed by atoms with Crippen LogP contribution in [0.2, 0.25) is 0 Å². The normalized spacial score (nSPS) is 10.6. The molecule has 0 spiro atoms. The zero-order valence-corrected chi connectivity index (χ0v) is 6.72. The summed E-state index contributed by atoms with van der Waals surface area (Å²) in [5, 5.41) is 10.8. The van der Waals surface area contributed by atoms with Crippen molar-refractivity contribution in [1.82, 2.24) is 5.32 Å². The van der Waals surface area contributed by atoms with Crippen molar-refractivity contribution in [2.45, 2.75) is 25.7 Å². The highest BCUT2D eigenvalue weighted by Crippen LogP contribution is 2.04. The SMILES string of the molecule is O=C(O)CNCCCCC(F)F. The first kappa shape index (κ1) is 11.3. The molecule has 0 radical (unpaired) electrons. The van der Waals surface area contributed by atoms with Gasteiger partial charge in [0.25, 0.3) is 0 Å². The van der Waals surface area contributed by atoms with Gasteiger partial charge >= 0.3 is 5.97 Å². The highest BCUT2D eigenvalue weighted by molar-refractivity contribution is 5.68. The summed E-state index contributed by atoms with van der Waals surface area (Å²) in [6.45, 7) is 0.383. The van der Waals surface area contributed by atoms with Crippen LogP contribution < -0.4 is 5.32 Å². The Morgan fingerprint density at radius 2 is 2.08 bits per heavy atom. The second-order valence-electron chi connectivity index (χ2n) is 2.46. The van der Waals surface area contributed by atoms with E-state index >= 15 is 0 Å². The van der Waals surface area contributed by atoms with Gasteiger partial charge in [-0.3, -0.25) is 4.79 Å². The van der Waals surface area contributed by atoms with Crippen LogP contribution in [-0.4, -0.2) is 30.6 Å². The minimum atomic E-state index is -2.25. The summed E-state index contributed by atoms with van der Waals surface area (Å²) in [6, 6.07) is 0. The molecule has 5 heteroatoms. The average Bonchev–Trinajstić information content (AvgIpc) is 1.95. The second kappa shape index (κ2) is 6.97. The number of nitrogens with one attached hydrogen (secondary N) is 1. The number of halogens is 2. The molecule has 0 saturated heterocycles. The molecule has 0 aromatic heterocycles. The lowest BCUT2D eigenvalue weighted by Gasteiger charge is -2.00. The fraction of sp³-hybridized carbons (Fsp3) is 0.857. The van der Waals surface area contributed by atoms with Gasteiger partial charge in [-0.1, -0.05) is 0 Å². The molecule has 0 aliphatic carbocycles. The maximum absolute atomic E-state index is 11.6. The fourth-order valence-electron chi connectivity index (χ4n) is 0.744. The molecule has 0 saturated carbocycles. The molecular weight excluding hydrogens is 168 g/mol. The van der Waals surface area contributed by atoms with Crippen LogP contribution in [0.5, 0.6) is 0 Å². The van der Waals surface area contributed by atoms with Crippen molar-refractivity contribution in [1.29, 1.82) is 0 Å². The molecule has 0 unspecified atom stereocenters. The third-order valence-corrected chi connectivity index (χ3v) is 1.30. The summed E-state index contributed by atoms with van der Waals surface area (Å²) in [4.78, 5) is 9.96. The number of carboxylic acid groups (broad SMARTS) is 1. The lowest BCUT2D eigenvalue weighted by atomic mass is 10.2. The van der Waals surface area contributed by atoms with Gasteiger partial charge in [0.05, 0.1) is 6.54 Å². The smallest absolute Gasteiger partial charge is 0.317 e. The van der Waals surface area contributed by atoms with Crippen molar-refractivity contribution >= 4 is 5.97 Å². The van der Waals surface area contributed by atoms with Gasteiger partial charge < -0.3 is 10.4 Å². The molecule has 0 aliphatic heterocycles. The van der Waals surface area contributed by atoms with E-state index in [0.29, 0.717) is 19.4 Å². The van der Waals surface area contributed by atoms with E-state index in [1.54, 1.807) is 0 Å². The van der Waals surface area contributed by atoms with E-state index in [4.69, 9.17) is 5.11 Å².